The molecule has 1 nitrogen and oxygen atoms in total. The van der Waals surface area contributed by atoms with Gasteiger partial charge in [0, 0.05) is 0 Å². The molecule has 0 fully saturated rings. The quantitative estimate of drug-likeness (QED) is 0.847. The van der Waals surface area contributed by atoms with E-state index in [1.165, 1.54) is 6.07 Å². The molecule has 0 aromatic heterocycles. The van der Waals surface area contributed by atoms with E-state index < -0.39 is 17.8 Å². The van der Waals surface area contributed by atoms with Crippen molar-refractivity contribution in [2.45, 2.75) is 39.0 Å². The van der Waals surface area contributed by atoms with Crippen LogP contribution in [-0.4, -0.2) is 11.2 Å². The van der Waals surface area contributed by atoms with Crippen molar-refractivity contribution in [3.8, 4) is 0 Å². The Labute approximate surface area is 92.9 Å². The number of aliphatic hydroxyl groups is 1. The van der Waals surface area contributed by atoms with Crippen LogP contribution in [0.2, 0.25) is 0 Å². The molecule has 0 saturated carbocycles. The minimum absolute atomic E-state index is 0.429. The van der Waals surface area contributed by atoms with Crippen LogP contribution in [0.15, 0.2) is 18.2 Å². The Morgan fingerprint density at radius 1 is 1.31 bits per heavy atom. The lowest BCUT2D eigenvalue weighted by Crippen LogP contribution is -2.07. The fourth-order valence-corrected chi connectivity index (χ4v) is 1.52. The number of aliphatic hydroxyl groups excluding tert-OH is 1. The highest BCUT2D eigenvalue weighted by molar-refractivity contribution is 5.32. The molecule has 16 heavy (non-hydrogen) atoms. The number of hydrogen-bond acceptors (Lipinski definition) is 1. The van der Waals surface area contributed by atoms with Gasteiger partial charge in [-0.3, -0.25) is 0 Å². The van der Waals surface area contributed by atoms with E-state index >= 15 is 0 Å². The standard InChI is InChI=1S/C12H15F3O/c1-8-7-11(12(13,14)15)6-5-10(8)4-3-9(2)16/h5-7,9,16H,3-4H2,1-2H3/t9-/m0/s1. The summed E-state index contributed by atoms with van der Waals surface area (Å²) in [7, 11) is 0. The van der Waals surface area contributed by atoms with Crippen LogP contribution in [0.3, 0.4) is 0 Å². The highest BCUT2D eigenvalue weighted by atomic mass is 19.4. The van der Waals surface area contributed by atoms with Gasteiger partial charge in [-0.25, -0.2) is 0 Å². The van der Waals surface area contributed by atoms with E-state index in [-0.39, 0.29) is 0 Å². The Morgan fingerprint density at radius 2 is 1.94 bits per heavy atom. The predicted molar refractivity (Wildman–Crippen MR) is 56.2 cm³/mol. The smallest absolute Gasteiger partial charge is 0.393 e. The van der Waals surface area contributed by atoms with Crippen LogP contribution in [0.25, 0.3) is 0 Å². The van der Waals surface area contributed by atoms with Gasteiger partial charge in [-0.1, -0.05) is 6.07 Å². The van der Waals surface area contributed by atoms with Gasteiger partial charge in [0.15, 0.2) is 0 Å². The summed E-state index contributed by atoms with van der Waals surface area (Å²) in [6.45, 7) is 3.33. The van der Waals surface area contributed by atoms with E-state index in [0.717, 1.165) is 17.7 Å². The molecule has 0 saturated heterocycles. The van der Waals surface area contributed by atoms with Crippen molar-refractivity contribution in [3.63, 3.8) is 0 Å². The molecule has 0 amide bonds. The largest absolute Gasteiger partial charge is 0.416 e. The van der Waals surface area contributed by atoms with Crippen molar-refractivity contribution >= 4 is 0 Å². The summed E-state index contributed by atoms with van der Waals surface area (Å²) in [5, 5.41) is 9.11. The van der Waals surface area contributed by atoms with Crippen molar-refractivity contribution < 1.29 is 18.3 Å². The predicted octanol–water partition coefficient (Wildman–Crippen LogP) is 3.33. The first-order valence-corrected chi connectivity index (χ1v) is 5.15. The first-order valence-electron chi connectivity index (χ1n) is 5.15. The third kappa shape index (κ3) is 3.52. The van der Waals surface area contributed by atoms with Gasteiger partial charge >= 0.3 is 6.18 Å². The number of aryl methyl sites for hydroxylation is 2. The summed E-state index contributed by atoms with van der Waals surface area (Å²) in [6, 6.07) is 3.72. The highest BCUT2D eigenvalue weighted by Gasteiger charge is 2.30. The van der Waals surface area contributed by atoms with E-state index in [9.17, 15) is 13.2 Å². The van der Waals surface area contributed by atoms with Gasteiger partial charge in [0.2, 0.25) is 0 Å². The Hall–Kier alpha value is -1.03. The number of hydrogen-bond donors (Lipinski definition) is 1. The lowest BCUT2D eigenvalue weighted by molar-refractivity contribution is -0.137. The van der Waals surface area contributed by atoms with Gasteiger partial charge in [0.1, 0.15) is 0 Å². The minimum atomic E-state index is -4.28. The molecular weight excluding hydrogens is 217 g/mol. The lowest BCUT2D eigenvalue weighted by Gasteiger charge is -2.11. The molecule has 0 aliphatic carbocycles. The van der Waals surface area contributed by atoms with E-state index in [1.807, 2.05) is 0 Å². The Morgan fingerprint density at radius 3 is 2.38 bits per heavy atom. The Bertz CT molecular complexity index is 356. The van der Waals surface area contributed by atoms with Gasteiger partial charge in [-0.2, -0.15) is 13.2 Å². The fourth-order valence-electron chi connectivity index (χ4n) is 1.52. The van der Waals surface area contributed by atoms with Crippen LogP contribution in [0.1, 0.15) is 30.0 Å². The average Bonchev–Trinajstić information content (AvgIpc) is 2.14. The van der Waals surface area contributed by atoms with Crippen LogP contribution >= 0.6 is 0 Å². The zero-order valence-electron chi connectivity index (χ0n) is 9.30. The molecule has 4 heteroatoms. The second-order valence-electron chi connectivity index (χ2n) is 4.03. The molecule has 90 valence electrons. The topological polar surface area (TPSA) is 20.2 Å². The molecular formula is C12H15F3O. The highest BCUT2D eigenvalue weighted by Crippen LogP contribution is 2.30. The summed E-state index contributed by atoms with van der Waals surface area (Å²) >= 11 is 0. The van der Waals surface area contributed by atoms with Crippen molar-refractivity contribution in [2.75, 3.05) is 0 Å². The molecule has 0 heterocycles. The maximum Gasteiger partial charge on any atom is 0.416 e. The van der Waals surface area contributed by atoms with Crippen molar-refractivity contribution in [1.29, 1.82) is 0 Å². The summed E-state index contributed by atoms with van der Waals surface area (Å²) in [6.07, 6.45) is -3.55. The van der Waals surface area contributed by atoms with Crippen molar-refractivity contribution in [3.05, 3.63) is 34.9 Å². The van der Waals surface area contributed by atoms with Crippen LogP contribution < -0.4 is 0 Å². The average molecular weight is 232 g/mol. The molecule has 0 aliphatic heterocycles. The monoisotopic (exact) mass is 232 g/mol. The fraction of sp³-hybridized carbons (Fsp3) is 0.500. The van der Waals surface area contributed by atoms with Gasteiger partial charge < -0.3 is 5.11 Å². The summed E-state index contributed by atoms with van der Waals surface area (Å²) in [5.41, 5.74) is 0.857. The molecule has 0 radical (unpaired) electrons. The lowest BCUT2D eigenvalue weighted by atomic mass is 10.00. The zero-order chi connectivity index (χ0) is 12.3. The third-order valence-corrected chi connectivity index (χ3v) is 2.50. The minimum Gasteiger partial charge on any atom is -0.393 e. The molecule has 1 rings (SSSR count). The van der Waals surface area contributed by atoms with Crippen LogP contribution in [-0.2, 0) is 12.6 Å². The number of benzene rings is 1. The molecule has 1 N–H and O–H groups in total. The van der Waals surface area contributed by atoms with Gasteiger partial charge in [-0.05, 0) is 49.9 Å². The third-order valence-electron chi connectivity index (χ3n) is 2.50. The SMILES string of the molecule is Cc1cc(C(F)(F)F)ccc1CC[C@H](C)O. The summed E-state index contributed by atoms with van der Waals surface area (Å²) in [4.78, 5) is 0. The first kappa shape index (κ1) is 13.0. The van der Waals surface area contributed by atoms with Crippen molar-refractivity contribution in [1.82, 2.24) is 0 Å². The van der Waals surface area contributed by atoms with E-state index in [4.69, 9.17) is 5.11 Å². The molecule has 1 aromatic rings. The molecule has 0 spiro atoms. The zero-order valence-corrected chi connectivity index (χ0v) is 9.30. The summed E-state index contributed by atoms with van der Waals surface area (Å²) < 4.78 is 37.1. The second kappa shape index (κ2) is 4.87. The molecule has 1 atom stereocenters. The molecule has 0 aliphatic rings. The van der Waals surface area contributed by atoms with Crippen LogP contribution in [0.4, 0.5) is 13.2 Å². The van der Waals surface area contributed by atoms with Gasteiger partial charge in [0.05, 0.1) is 11.7 Å². The van der Waals surface area contributed by atoms with E-state index in [0.29, 0.717) is 18.4 Å². The number of alkyl halides is 3. The molecule has 1 aromatic carbocycles. The molecule has 0 bridgehead atoms. The molecule has 0 unspecified atom stereocenters. The first-order chi connectivity index (χ1) is 7.30. The van der Waals surface area contributed by atoms with E-state index in [1.54, 1.807) is 13.8 Å². The number of rotatable bonds is 3. The Balaban J connectivity index is 2.84. The normalized spacial score (nSPS) is 13.9. The van der Waals surface area contributed by atoms with E-state index in [2.05, 4.69) is 0 Å². The van der Waals surface area contributed by atoms with Gasteiger partial charge in [-0.15, -0.1) is 0 Å². The Kier molecular flexibility index (Phi) is 3.97. The number of halogens is 3. The van der Waals surface area contributed by atoms with Crippen LogP contribution in [0, 0.1) is 6.92 Å². The summed E-state index contributed by atoms with van der Waals surface area (Å²) in [5.74, 6) is 0. The van der Waals surface area contributed by atoms with Gasteiger partial charge in [0.25, 0.3) is 0 Å². The second-order valence-corrected chi connectivity index (χ2v) is 4.03. The maximum atomic E-state index is 12.4. The van der Waals surface area contributed by atoms with Crippen LogP contribution in [0.5, 0.6) is 0 Å². The maximum absolute atomic E-state index is 12.4. The van der Waals surface area contributed by atoms with Crippen molar-refractivity contribution in [2.24, 2.45) is 0 Å².